The van der Waals surface area contributed by atoms with Crippen LogP contribution < -0.4 is 15.9 Å². The van der Waals surface area contributed by atoms with E-state index in [-0.39, 0.29) is 17.4 Å². The molecule has 0 spiro atoms. The summed E-state index contributed by atoms with van der Waals surface area (Å²) in [5, 5.41) is 15.1. The number of hydrazone groups is 1. The molecule has 22 heavy (non-hydrogen) atoms. The van der Waals surface area contributed by atoms with E-state index < -0.39 is 0 Å². The molecule has 6 nitrogen and oxygen atoms in total. The van der Waals surface area contributed by atoms with Crippen molar-refractivity contribution in [2.75, 3.05) is 10.4 Å². The number of hydrogen-bond donors (Lipinski definition) is 3. The van der Waals surface area contributed by atoms with Gasteiger partial charge in [0.15, 0.2) is 5.71 Å². The van der Waals surface area contributed by atoms with E-state index in [0.29, 0.717) is 17.1 Å². The number of phenols is 1. The standard InChI is InChI=1S/C16H14N4O2/c1-11-15(18-17-13-9-5-6-10-14(13)21)16(22)20(19-11)12-7-3-2-4-8-12/h2-10,17,19,21H,1H2. The summed E-state index contributed by atoms with van der Waals surface area (Å²) in [4.78, 5) is 12.4. The summed E-state index contributed by atoms with van der Waals surface area (Å²) in [5.41, 5.74) is 7.21. The number of hydrogen-bond acceptors (Lipinski definition) is 5. The van der Waals surface area contributed by atoms with Gasteiger partial charge in [-0.2, -0.15) is 5.10 Å². The Labute approximate surface area is 127 Å². The number of nitrogens with zero attached hydrogens (tertiary/aromatic N) is 2. The molecule has 1 saturated heterocycles. The Bertz CT molecular complexity index is 756. The number of para-hydroxylation sites is 3. The Kier molecular flexibility index (Phi) is 3.49. The van der Waals surface area contributed by atoms with Crippen molar-refractivity contribution in [1.29, 1.82) is 0 Å². The summed E-state index contributed by atoms with van der Waals surface area (Å²) in [6, 6.07) is 15.8. The van der Waals surface area contributed by atoms with Gasteiger partial charge < -0.3 is 5.11 Å². The first-order valence-corrected chi connectivity index (χ1v) is 6.64. The number of phenolic OH excluding ortho intramolecular Hbond substituents is 1. The topological polar surface area (TPSA) is 77.0 Å². The van der Waals surface area contributed by atoms with Gasteiger partial charge in [-0.05, 0) is 24.3 Å². The summed E-state index contributed by atoms with van der Waals surface area (Å²) in [7, 11) is 0. The van der Waals surface area contributed by atoms with Crippen molar-refractivity contribution in [2.24, 2.45) is 5.10 Å². The number of aromatic hydroxyl groups is 1. The third-order valence-corrected chi connectivity index (χ3v) is 3.14. The van der Waals surface area contributed by atoms with Gasteiger partial charge in [-0.1, -0.05) is 36.9 Å². The van der Waals surface area contributed by atoms with Crippen LogP contribution in [0, 0.1) is 0 Å². The first-order chi connectivity index (χ1) is 10.7. The van der Waals surface area contributed by atoms with E-state index in [1.54, 1.807) is 30.3 Å². The zero-order valence-corrected chi connectivity index (χ0v) is 11.7. The van der Waals surface area contributed by atoms with Crippen molar-refractivity contribution >= 4 is 23.0 Å². The van der Waals surface area contributed by atoms with Gasteiger partial charge in [0.05, 0.1) is 17.1 Å². The van der Waals surface area contributed by atoms with Crippen LogP contribution in [0.15, 0.2) is 72.0 Å². The van der Waals surface area contributed by atoms with E-state index in [0.717, 1.165) is 0 Å². The highest BCUT2D eigenvalue weighted by Crippen LogP contribution is 2.22. The lowest BCUT2D eigenvalue weighted by Gasteiger charge is -2.14. The summed E-state index contributed by atoms with van der Waals surface area (Å²) in [6.45, 7) is 3.79. The van der Waals surface area contributed by atoms with Crippen LogP contribution in [-0.2, 0) is 4.79 Å². The molecular weight excluding hydrogens is 280 g/mol. The summed E-state index contributed by atoms with van der Waals surface area (Å²) in [6.07, 6.45) is 0. The van der Waals surface area contributed by atoms with Crippen molar-refractivity contribution in [3.05, 3.63) is 66.9 Å². The SMILES string of the molecule is C=C1NN(c2ccccc2)C(=O)C1=NNc1ccccc1O. The minimum absolute atomic E-state index is 0.0517. The van der Waals surface area contributed by atoms with E-state index in [1.807, 2.05) is 18.2 Å². The lowest BCUT2D eigenvalue weighted by atomic mass is 10.3. The van der Waals surface area contributed by atoms with Gasteiger partial charge in [-0.15, -0.1) is 0 Å². The van der Waals surface area contributed by atoms with Crippen LogP contribution in [0.5, 0.6) is 5.75 Å². The normalized spacial score (nSPS) is 16.0. The highest BCUT2D eigenvalue weighted by Gasteiger charge is 2.32. The minimum atomic E-state index is -0.320. The zero-order chi connectivity index (χ0) is 15.5. The Balaban J connectivity index is 1.83. The predicted molar refractivity (Wildman–Crippen MR) is 85.4 cm³/mol. The summed E-state index contributed by atoms with van der Waals surface area (Å²) < 4.78 is 0. The van der Waals surface area contributed by atoms with E-state index in [9.17, 15) is 9.90 Å². The average molecular weight is 294 g/mol. The number of nitrogens with one attached hydrogen (secondary N) is 2. The van der Waals surface area contributed by atoms with Gasteiger partial charge >= 0.3 is 0 Å². The van der Waals surface area contributed by atoms with Crippen molar-refractivity contribution in [1.82, 2.24) is 5.43 Å². The molecule has 1 aliphatic heterocycles. The van der Waals surface area contributed by atoms with Crippen molar-refractivity contribution in [3.63, 3.8) is 0 Å². The monoisotopic (exact) mass is 294 g/mol. The molecule has 1 amide bonds. The highest BCUT2D eigenvalue weighted by atomic mass is 16.3. The summed E-state index contributed by atoms with van der Waals surface area (Å²) in [5.74, 6) is -0.269. The Morgan fingerprint density at radius 2 is 1.77 bits per heavy atom. The molecular formula is C16H14N4O2. The molecule has 1 heterocycles. The second-order valence-corrected chi connectivity index (χ2v) is 4.66. The maximum absolute atomic E-state index is 12.4. The maximum atomic E-state index is 12.4. The van der Waals surface area contributed by atoms with Gasteiger partial charge in [0.1, 0.15) is 5.75 Å². The van der Waals surface area contributed by atoms with E-state index >= 15 is 0 Å². The highest BCUT2D eigenvalue weighted by molar-refractivity contribution is 6.51. The molecule has 1 fully saturated rings. The van der Waals surface area contributed by atoms with Crippen LogP contribution >= 0.6 is 0 Å². The Hall–Kier alpha value is -3.28. The third-order valence-electron chi connectivity index (χ3n) is 3.14. The van der Waals surface area contributed by atoms with Crippen LogP contribution in [0.2, 0.25) is 0 Å². The number of anilines is 2. The number of benzene rings is 2. The zero-order valence-electron chi connectivity index (χ0n) is 11.7. The number of amides is 1. The molecule has 110 valence electrons. The average Bonchev–Trinajstić information content (AvgIpc) is 2.82. The molecule has 0 saturated carbocycles. The molecule has 3 N–H and O–H groups in total. The molecule has 0 aromatic heterocycles. The molecule has 1 aliphatic rings. The molecule has 0 bridgehead atoms. The molecule has 3 rings (SSSR count). The number of hydrazine groups is 1. The molecule has 2 aromatic carbocycles. The van der Waals surface area contributed by atoms with Gasteiger partial charge in [-0.3, -0.25) is 15.6 Å². The number of carbonyl (C=O) groups excluding carboxylic acids is 1. The first-order valence-electron chi connectivity index (χ1n) is 6.64. The molecule has 6 heteroatoms. The fourth-order valence-corrected chi connectivity index (χ4v) is 2.03. The van der Waals surface area contributed by atoms with Crippen molar-refractivity contribution < 1.29 is 9.90 Å². The first kappa shape index (κ1) is 13.7. The largest absolute Gasteiger partial charge is 0.506 e. The Morgan fingerprint density at radius 1 is 1.09 bits per heavy atom. The van der Waals surface area contributed by atoms with Crippen molar-refractivity contribution in [3.8, 4) is 5.75 Å². The molecule has 0 radical (unpaired) electrons. The molecule has 2 aromatic rings. The van der Waals surface area contributed by atoms with Gasteiger partial charge in [-0.25, -0.2) is 5.01 Å². The van der Waals surface area contributed by atoms with Gasteiger partial charge in [0, 0.05) is 0 Å². The smallest absolute Gasteiger partial charge is 0.299 e. The number of rotatable bonds is 3. The molecule has 0 atom stereocenters. The fourth-order valence-electron chi connectivity index (χ4n) is 2.03. The van der Waals surface area contributed by atoms with Crippen LogP contribution in [0.4, 0.5) is 11.4 Å². The predicted octanol–water partition coefficient (Wildman–Crippen LogP) is 2.23. The van der Waals surface area contributed by atoms with Gasteiger partial charge in [0.25, 0.3) is 5.91 Å². The van der Waals surface area contributed by atoms with Crippen LogP contribution in [0.3, 0.4) is 0 Å². The van der Waals surface area contributed by atoms with Crippen LogP contribution in [-0.4, -0.2) is 16.7 Å². The maximum Gasteiger partial charge on any atom is 0.299 e. The van der Waals surface area contributed by atoms with E-state index in [2.05, 4.69) is 22.5 Å². The molecule has 0 aliphatic carbocycles. The fraction of sp³-hybridized carbons (Fsp3) is 0. The lowest BCUT2D eigenvalue weighted by Crippen LogP contribution is -2.34. The Morgan fingerprint density at radius 3 is 2.50 bits per heavy atom. The second kappa shape index (κ2) is 5.61. The van der Waals surface area contributed by atoms with Gasteiger partial charge in [0.2, 0.25) is 0 Å². The lowest BCUT2D eigenvalue weighted by molar-refractivity contribution is -0.112. The second-order valence-electron chi connectivity index (χ2n) is 4.66. The van der Waals surface area contributed by atoms with E-state index in [4.69, 9.17) is 0 Å². The third kappa shape index (κ3) is 2.49. The van der Waals surface area contributed by atoms with E-state index in [1.165, 1.54) is 11.1 Å². The van der Waals surface area contributed by atoms with Crippen LogP contribution in [0.25, 0.3) is 0 Å². The molecule has 0 unspecified atom stereocenters. The summed E-state index contributed by atoms with van der Waals surface area (Å²) >= 11 is 0. The van der Waals surface area contributed by atoms with Crippen LogP contribution in [0.1, 0.15) is 0 Å². The number of carbonyl (C=O) groups is 1. The quantitative estimate of drug-likeness (QED) is 0.599. The minimum Gasteiger partial charge on any atom is -0.506 e. The van der Waals surface area contributed by atoms with Crippen molar-refractivity contribution in [2.45, 2.75) is 0 Å².